The normalized spacial score (nSPS) is 19.8. The fourth-order valence-corrected chi connectivity index (χ4v) is 4.96. The lowest BCUT2D eigenvalue weighted by atomic mass is 9.81. The number of nitrogens with one attached hydrogen (secondary N) is 1. The van der Waals surface area contributed by atoms with Crippen LogP contribution in [0.25, 0.3) is 0 Å². The number of hydrogen-bond acceptors (Lipinski definition) is 6. The molecule has 2 aromatic rings. The van der Waals surface area contributed by atoms with E-state index in [2.05, 4.69) is 10.3 Å². The van der Waals surface area contributed by atoms with E-state index in [0.29, 0.717) is 40.5 Å². The van der Waals surface area contributed by atoms with Crippen molar-refractivity contribution < 1.29 is 19.1 Å². The van der Waals surface area contributed by atoms with Gasteiger partial charge in [0.05, 0.1) is 6.20 Å². The molecule has 2 aliphatic heterocycles. The predicted octanol–water partition coefficient (Wildman–Crippen LogP) is 3.54. The number of likely N-dealkylation sites (tertiary alicyclic amines) is 1. The molecule has 1 fully saturated rings. The molecule has 0 saturated carbocycles. The predicted molar refractivity (Wildman–Crippen MR) is 114 cm³/mol. The molecular formula is C19H18Cl2N4O4S. The van der Waals surface area contributed by atoms with Gasteiger partial charge in [-0.2, -0.15) is 0 Å². The molecule has 11 heteroatoms. The molecule has 1 spiro atoms. The number of carbonyl (C=O) groups is 3. The summed E-state index contributed by atoms with van der Waals surface area (Å²) in [5.41, 5.74) is 1.23. The molecule has 1 unspecified atom stereocenters. The third-order valence-corrected chi connectivity index (χ3v) is 6.59. The van der Waals surface area contributed by atoms with Gasteiger partial charge in [-0.25, -0.2) is 9.78 Å². The zero-order valence-electron chi connectivity index (χ0n) is 16.0. The number of benzene rings is 1. The minimum Gasteiger partial charge on any atom is -0.456 e. The Bertz CT molecular complexity index is 1030. The minimum atomic E-state index is -0.500. The van der Waals surface area contributed by atoms with Crippen molar-refractivity contribution >= 4 is 63.3 Å². The number of rotatable bonds is 3. The molecule has 1 atom stereocenters. The summed E-state index contributed by atoms with van der Waals surface area (Å²) >= 11 is 13.3. The van der Waals surface area contributed by atoms with Gasteiger partial charge in [-0.05, 0) is 30.2 Å². The van der Waals surface area contributed by atoms with Crippen molar-refractivity contribution in [3.05, 3.63) is 39.3 Å². The molecule has 3 heterocycles. The third-order valence-electron chi connectivity index (χ3n) is 5.32. The summed E-state index contributed by atoms with van der Waals surface area (Å²) in [5.74, 6) is -0.758. The molecule has 3 amide bonds. The van der Waals surface area contributed by atoms with Gasteiger partial charge < -0.3 is 9.64 Å². The van der Waals surface area contributed by atoms with Crippen LogP contribution in [0.15, 0.2) is 24.4 Å². The number of amides is 3. The van der Waals surface area contributed by atoms with E-state index in [1.54, 1.807) is 15.9 Å². The topological polar surface area (TPSA) is 91.8 Å². The van der Waals surface area contributed by atoms with Crippen LogP contribution >= 0.6 is 34.5 Å². The van der Waals surface area contributed by atoms with Gasteiger partial charge in [0.25, 0.3) is 5.91 Å². The third kappa shape index (κ3) is 3.97. The average Bonchev–Trinajstić information content (AvgIpc) is 3.39. The van der Waals surface area contributed by atoms with Gasteiger partial charge in [-0.3, -0.25) is 19.8 Å². The van der Waals surface area contributed by atoms with Crippen LogP contribution in [-0.2, 0) is 19.7 Å². The fourth-order valence-electron chi connectivity index (χ4n) is 3.98. The van der Waals surface area contributed by atoms with Crippen LogP contribution in [0, 0.1) is 0 Å². The van der Waals surface area contributed by atoms with Crippen molar-refractivity contribution in [2.75, 3.05) is 36.5 Å². The number of hydrogen-bond donors (Lipinski definition) is 1. The van der Waals surface area contributed by atoms with E-state index in [1.807, 2.05) is 12.1 Å². The lowest BCUT2D eigenvalue weighted by Gasteiger charge is -2.25. The van der Waals surface area contributed by atoms with E-state index in [4.69, 9.17) is 27.9 Å². The maximum absolute atomic E-state index is 13.0. The van der Waals surface area contributed by atoms with Crippen molar-refractivity contribution in [1.29, 1.82) is 0 Å². The summed E-state index contributed by atoms with van der Waals surface area (Å²) < 4.78 is 5.32. The van der Waals surface area contributed by atoms with Crippen LogP contribution < -0.4 is 10.2 Å². The molecule has 0 aliphatic carbocycles. The summed E-state index contributed by atoms with van der Waals surface area (Å²) in [6.45, 7) is 2.28. The van der Waals surface area contributed by atoms with Gasteiger partial charge in [0, 0.05) is 42.7 Å². The van der Waals surface area contributed by atoms with Gasteiger partial charge >= 0.3 is 12.0 Å². The highest BCUT2D eigenvalue weighted by Crippen LogP contribution is 2.47. The second-order valence-corrected chi connectivity index (χ2v) is 9.37. The maximum atomic E-state index is 13.0. The zero-order valence-corrected chi connectivity index (χ0v) is 18.3. The molecule has 1 saturated heterocycles. The van der Waals surface area contributed by atoms with Crippen molar-refractivity contribution in [2.45, 2.75) is 18.8 Å². The number of esters is 1. The second-order valence-electron chi connectivity index (χ2n) is 7.27. The maximum Gasteiger partial charge on any atom is 0.328 e. The van der Waals surface area contributed by atoms with Gasteiger partial charge in [0.15, 0.2) is 11.7 Å². The monoisotopic (exact) mass is 468 g/mol. The van der Waals surface area contributed by atoms with Gasteiger partial charge in [-0.15, -0.1) is 0 Å². The first-order valence-corrected chi connectivity index (χ1v) is 10.8. The molecule has 8 nitrogen and oxygen atoms in total. The lowest BCUT2D eigenvalue weighted by Crippen LogP contribution is -2.42. The van der Waals surface area contributed by atoms with Crippen LogP contribution in [0.2, 0.25) is 9.36 Å². The molecule has 1 N–H and O–H groups in total. The number of halogens is 2. The first-order chi connectivity index (χ1) is 14.3. The molecule has 0 bridgehead atoms. The summed E-state index contributed by atoms with van der Waals surface area (Å²) in [6.07, 6.45) is 2.14. The number of carbonyl (C=O) groups excluding carboxylic acids is 3. The summed E-state index contributed by atoms with van der Waals surface area (Å²) in [4.78, 5) is 43.8. The number of urea groups is 1. The summed E-state index contributed by atoms with van der Waals surface area (Å²) in [6, 6.07) is 5.07. The Balaban J connectivity index is 1.57. The lowest BCUT2D eigenvalue weighted by molar-refractivity contribution is -0.149. The van der Waals surface area contributed by atoms with Crippen molar-refractivity contribution in [1.82, 2.24) is 9.88 Å². The quantitative estimate of drug-likeness (QED) is 0.695. The average molecular weight is 469 g/mol. The summed E-state index contributed by atoms with van der Waals surface area (Å²) in [7, 11) is 0. The van der Waals surface area contributed by atoms with Crippen LogP contribution in [0.4, 0.5) is 15.6 Å². The highest BCUT2D eigenvalue weighted by molar-refractivity contribution is 7.19. The van der Waals surface area contributed by atoms with E-state index >= 15 is 0 Å². The first-order valence-electron chi connectivity index (χ1n) is 9.18. The standard InChI is InChI=1S/C19H18Cl2N4O4S/c1-11(26)29-8-16(27)24-5-4-19(9-24)10-25(14-3-2-12(20)6-13(14)19)18(28)23-17-22-7-15(21)30-17/h2-3,6-7H,4-5,8-10H2,1H3,(H,22,23,28). The molecule has 1 aromatic carbocycles. The Hall–Kier alpha value is -2.36. The number of ether oxygens (including phenoxy) is 1. The van der Waals surface area contributed by atoms with E-state index < -0.39 is 11.4 Å². The number of nitrogens with zero attached hydrogens (tertiary/aromatic N) is 3. The Morgan fingerprint density at radius 2 is 2.10 bits per heavy atom. The van der Waals surface area contributed by atoms with Crippen LogP contribution in [-0.4, -0.2) is 54.0 Å². The Kier molecular flexibility index (Phi) is 5.61. The van der Waals surface area contributed by atoms with E-state index in [0.717, 1.165) is 11.3 Å². The Labute approximate surface area is 186 Å². The van der Waals surface area contributed by atoms with Gasteiger partial charge in [0.2, 0.25) is 0 Å². The first kappa shape index (κ1) is 20.9. The minimum absolute atomic E-state index is 0.258. The SMILES string of the molecule is CC(=O)OCC(=O)N1CCC2(C1)CN(C(=O)Nc1ncc(Cl)s1)c1ccc(Cl)cc12. The number of aromatic nitrogens is 1. The Morgan fingerprint density at radius 1 is 1.30 bits per heavy atom. The van der Waals surface area contributed by atoms with E-state index in [-0.39, 0.29) is 18.5 Å². The number of fused-ring (bicyclic) bond motifs is 2. The largest absolute Gasteiger partial charge is 0.456 e. The molecular weight excluding hydrogens is 451 g/mol. The molecule has 4 rings (SSSR count). The molecule has 2 aliphatic rings. The van der Waals surface area contributed by atoms with Crippen molar-refractivity contribution in [2.24, 2.45) is 0 Å². The molecule has 0 radical (unpaired) electrons. The van der Waals surface area contributed by atoms with Crippen LogP contribution in [0.5, 0.6) is 0 Å². The fraction of sp³-hybridized carbons (Fsp3) is 0.368. The zero-order chi connectivity index (χ0) is 21.5. The van der Waals surface area contributed by atoms with Gasteiger partial charge in [-0.1, -0.05) is 34.5 Å². The van der Waals surface area contributed by atoms with Crippen molar-refractivity contribution in [3.63, 3.8) is 0 Å². The second kappa shape index (κ2) is 8.05. The summed E-state index contributed by atoms with van der Waals surface area (Å²) in [5, 5.41) is 3.74. The molecule has 158 valence electrons. The highest BCUT2D eigenvalue weighted by atomic mass is 35.5. The van der Waals surface area contributed by atoms with Gasteiger partial charge in [0.1, 0.15) is 4.34 Å². The van der Waals surface area contributed by atoms with Crippen LogP contribution in [0.3, 0.4) is 0 Å². The molecule has 30 heavy (non-hydrogen) atoms. The van der Waals surface area contributed by atoms with Crippen molar-refractivity contribution in [3.8, 4) is 0 Å². The van der Waals surface area contributed by atoms with E-state index in [1.165, 1.54) is 24.5 Å². The molecule has 1 aromatic heterocycles. The van der Waals surface area contributed by atoms with E-state index in [9.17, 15) is 14.4 Å². The number of anilines is 2. The Morgan fingerprint density at radius 3 is 2.80 bits per heavy atom. The smallest absolute Gasteiger partial charge is 0.328 e. The highest BCUT2D eigenvalue weighted by Gasteiger charge is 2.50. The van der Waals surface area contributed by atoms with Crippen LogP contribution in [0.1, 0.15) is 18.9 Å². The number of thiazole rings is 1.